The maximum Gasteiger partial charge on any atom is 0.123 e. The van der Waals surface area contributed by atoms with Crippen LogP contribution in [0.3, 0.4) is 0 Å². The van der Waals surface area contributed by atoms with E-state index in [1.54, 1.807) is 12.1 Å². The summed E-state index contributed by atoms with van der Waals surface area (Å²) in [5, 5.41) is 6.51. The second kappa shape index (κ2) is 4.05. The van der Waals surface area contributed by atoms with Gasteiger partial charge in [0, 0.05) is 0 Å². The highest BCUT2D eigenvalue weighted by molar-refractivity contribution is 8.56. The Labute approximate surface area is 70.8 Å². The highest BCUT2D eigenvalue weighted by Gasteiger charge is 2.01. The molecule has 60 valence electrons. The molecule has 2 N–H and O–H groups in total. The van der Waals surface area contributed by atoms with E-state index in [-0.39, 0.29) is 12.9 Å². The van der Waals surface area contributed by atoms with Gasteiger partial charge >= 0.3 is 0 Å². The van der Waals surface area contributed by atoms with Crippen LogP contribution in [-0.4, -0.2) is 6.66 Å². The second-order valence-electron chi connectivity index (χ2n) is 2.08. The SMILES string of the molecule is CP(SN)c1ccc(F)cc1. The van der Waals surface area contributed by atoms with Crippen LogP contribution in [0.1, 0.15) is 0 Å². The van der Waals surface area contributed by atoms with E-state index in [1.807, 2.05) is 6.66 Å². The summed E-state index contributed by atoms with van der Waals surface area (Å²) in [6.07, 6.45) is 0. The summed E-state index contributed by atoms with van der Waals surface area (Å²) in [7, 11) is -0.358. The molecule has 0 aliphatic heterocycles. The van der Waals surface area contributed by atoms with E-state index < -0.39 is 0 Å². The summed E-state index contributed by atoms with van der Waals surface area (Å²) in [5.74, 6) is -0.195. The fourth-order valence-electron chi connectivity index (χ4n) is 0.712. The zero-order chi connectivity index (χ0) is 8.27. The molecule has 11 heavy (non-hydrogen) atoms. The zero-order valence-corrected chi connectivity index (χ0v) is 7.83. The predicted molar refractivity (Wildman–Crippen MR) is 50.7 cm³/mol. The first-order valence-electron chi connectivity index (χ1n) is 3.10. The Bertz CT molecular complexity index is 226. The van der Waals surface area contributed by atoms with Crippen LogP contribution in [0.4, 0.5) is 4.39 Å². The van der Waals surface area contributed by atoms with Crippen LogP contribution in [0, 0.1) is 5.82 Å². The molecule has 0 aliphatic rings. The molecule has 1 rings (SSSR count). The summed E-state index contributed by atoms with van der Waals surface area (Å²) in [6.45, 7) is 2.05. The van der Waals surface area contributed by atoms with Crippen molar-refractivity contribution in [3.05, 3.63) is 30.1 Å². The fourth-order valence-corrected chi connectivity index (χ4v) is 2.13. The molecule has 0 aliphatic carbocycles. The van der Waals surface area contributed by atoms with E-state index in [0.29, 0.717) is 0 Å². The van der Waals surface area contributed by atoms with Crippen LogP contribution in [0.25, 0.3) is 0 Å². The van der Waals surface area contributed by atoms with Crippen LogP contribution in [0.2, 0.25) is 0 Å². The monoisotopic (exact) mass is 189 g/mol. The lowest BCUT2D eigenvalue weighted by molar-refractivity contribution is 0.628. The summed E-state index contributed by atoms with van der Waals surface area (Å²) < 4.78 is 12.4. The van der Waals surface area contributed by atoms with Crippen molar-refractivity contribution >= 4 is 24.0 Å². The Morgan fingerprint density at radius 3 is 2.36 bits per heavy atom. The molecule has 0 saturated heterocycles. The zero-order valence-electron chi connectivity index (χ0n) is 6.12. The molecule has 0 spiro atoms. The van der Waals surface area contributed by atoms with E-state index in [9.17, 15) is 4.39 Å². The molecular formula is C7H9FNPS. The third-order valence-electron chi connectivity index (χ3n) is 1.35. The van der Waals surface area contributed by atoms with Gasteiger partial charge in [-0.05, 0) is 31.2 Å². The molecule has 4 heteroatoms. The van der Waals surface area contributed by atoms with Gasteiger partial charge in [-0.1, -0.05) is 23.7 Å². The molecule has 0 aromatic heterocycles. The average Bonchev–Trinajstić information content (AvgIpc) is 2.05. The quantitative estimate of drug-likeness (QED) is 0.569. The lowest BCUT2D eigenvalue weighted by atomic mass is 10.4. The van der Waals surface area contributed by atoms with Gasteiger partial charge in [0.05, 0.1) is 0 Å². The van der Waals surface area contributed by atoms with Gasteiger partial charge in [-0.2, -0.15) is 0 Å². The molecule has 0 amide bonds. The molecule has 1 aromatic rings. The number of hydrogen-bond acceptors (Lipinski definition) is 2. The van der Waals surface area contributed by atoms with Crippen molar-refractivity contribution in [3.8, 4) is 0 Å². The normalized spacial score (nSPS) is 13.0. The number of rotatable bonds is 2. The number of hydrogen-bond donors (Lipinski definition) is 1. The summed E-state index contributed by atoms with van der Waals surface area (Å²) >= 11 is 1.33. The Kier molecular flexibility index (Phi) is 3.31. The minimum Gasteiger partial charge on any atom is -0.274 e. The van der Waals surface area contributed by atoms with Crippen molar-refractivity contribution in [2.45, 2.75) is 0 Å². The smallest absolute Gasteiger partial charge is 0.123 e. The van der Waals surface area contributed by atoms with Gasteiger partial charge < -0.3 is 0 Å². The van der Waals surface area contributed by atoms with Gasteiger partial charge in [0.1, 0.15) is 5.82 Å². The number of halogens is 1. The molecule has 1 aromatic carbocycles. The summed E-state index contributed by atoms with van der Waals surface area (Å²) in [5.41, 5.74) is 0. The maximum absolute atomic E-state index is 12.4. The van der Waals surface area contributed by atoms with Crippen molar-refractivity contribution < 1.29 is 4.39 Å². The average molecular weight is 189 g/mol. The third-order valence-corrected chi connectivity index (χ3v) is 4.27. The topological polar surface area (TPSA) is 26.0 Å². The molecule has 0 saturated carbocycles. The molecule has 1 unspecified atom stereocenters. The molecule has 1 atom stereocenters. The lowest BCUT2D eigenvalue weighted by Crippen LogP contribution is -1.98. The molecule has 0 heterocycles. The number of nitrogens with two attached hydrogens (primary N) is 1. The van der Waals surface area contributed by atoms with E-state index in [4.69, 9.17) is 5.14 Å². The first-order chi connectivity index (χ1) is 5.24. The van der Waals surface area contributed by atoms with Crippen molar-refractivity contribution in [1.82, 2.24) is 0 Å². The van der Waals surface area contributed by atoms with E-state index in [1.165, 1.54) is 23.7 Å². The van der Waals surface area contributed by atoms with Crippen LogP contribution in [0.5, 0.6) is 0 Å². The molecular weight excluding hydrogens is 180 g/mol. The largest absolute Gasteiger partial charge is 0.274 e. The van der Waals surface area contributed by atoms with Gasteiger partial charge in [-0.15, -0.1) is 0 Å². The molecule has 1 nitrogen and oxygen atoms in total. The first kappa shape index (κ1) is 8.98. The van der Waals surface area contributed by atoms with Crippen molar-refractivity contribution in [1.29, 1.82) is 0 Å². The lowest BCUT2D eigenvalue weighted by Gasteiger charge is -2.06. The number of benzene rings is 1. The Hall–Kier alpha value is -0.110. The summed E-state index contributed by atoms with van der Waals surface area (Å²) in [6, 6.07) is 6.48. The van der Waals surface area contributed by atoms with Gasteiger partial charge in [0.15, 0.2) is 0 Å². The van der Waals surface area contributed by atoms with Crippen molar-refractivity contribution in [2.24, 2.45) is 5.14 Å². The minimum absolute atomic E-state index is 0.195. The van der Waals surface area contributed by atoms with E-state index in [0.717, 1.165) is 5.30 Å². The van der Waals surface area contributed by atoms with Crippen LogP contribution in [0.15, 0.2) is 24.3 Å². The standard InChI is InChI=1S/C7H9FNPS/c1-10(11-9)7-4-2-6(8)3-5-7/h2-5H,9H2,1H3. The highest BCUT2D eigenvalue weighted by atomic mass is 32.7. The first-order valence-corrected chi connectivity index (χ1v) is 6.37. The molecule has 0 radical (unpaired) electrons. The third kappa shape index (κ3) is 2.44. The van der Waals surface area contributed by atoms with Gasteiger partial charge in [0.2, 0.25) is 0 Å². The molecule has 0 fully saturated rings. The van der Waals surface area contributed by atoms with Crippen molar-refractivity contribution in [3.63, 3.8) is 0 Å². The Morgan fingerprint density at radius 1 is 1.36 bits per heavy atom. The highest BCUT2D eigenvalue weighted by Crippen LogP contribution is 2.40. The van der Waals surface area contributed by atoms with Crippen molar-refractivity contribution in [2.75, 3.05) is 6.66 Å². The van der Waals surface area contributed by atoms with Crippen LogP contribution < -0.4 is 10.4 Å². The van der Waals surface area contributed by atoms with Gasteiger partial charge in [-0.3, -0.25) is 5.14 Å². The van der Waals surface area contributed by atoms with E-state index >= 15 is 0 Å². The van der Waals surface area contributed by atoms with Gasteiger partial charge in [0.25, 0.3) is 0 Å². The fraction of sp³-hybridized carbons (Fsp3) is 0.143. The molecule has 0 bridgehead atoms. The Morgan fingerprint density at radius 2 is 1.91 bits per heavy atom. The van der Waals surface area contributed by atoms with Crippen LogP contribution >= 0.6 is 18.7 Å². The minimum atomic E-state index is -0.358. The van der Waals surface area contributed by atoms with Gasteiger partial charge in [-0.25, -0.2) is 4.39 Å². The summed E-state index contributed by atoms with van der Waals surface area (Å²) in [4.78, 5) is 0. The second-order valence-corrected chi connectivity index (χ2v) is 6.08. The maximum atomic E-state index is 12.4. The Balaban J connectivity index is 2.81. The predicted octanol–water partition coefficient (Wildman–Crippen LogP) is 2.08. The van der Waals surface area contributed by atoms with Crippen LogP contribution in [-0.2, 0) is 0 Å². The van der Waals surface area contributed by atoms with E-state index in [2.05, 4.69) is 0 Å².